The van der Waals surface area contributed by atoms with Gasteiger partial charge in [0.1, 0.15) is 5.41 Å². The quantitative estimate of drug-likeness (QED) is 0.588. The van der Waals surface area contributed by atoms with Crippen molar-refractivity contribution >= 4 is 17.7 Å². The third-order valence-electron chi connectivity index (χ3n) is 4.42. The van der Waals surface area contributed by atoms with Gasteiger partial charge in [0.05, 0.1) is 0 Å². The molecule has 0 bridgehead atoms. The fourth-order valence-corrected chi connectivity index (χ4v) is 2.74. The van der Waals surface area contributed by atoms with Crippen LogP contribution in [0.4, 0.5) is 0 Å². The van der Waals surface area contributed by atoms with Crippen LogP contribution in [0.25, 0.3) is 0 Å². The molecule has 21 heavy (non-hydrogen) atoms. The molecule has 1 aliphatic heterocycles. The number of hydrogen-bond donors (Lipinski definition) is 1. The summed E-state index contributed by atoms with van der Waals surface area (Å²) in [6.07, 6.45) is 3.26. The molecule has 0 spiro atoms. The molecule has 6 heteroatoms. The maximum atomic E-state index is 12.6. The van der Waals surface area contributed by atoms with E-state index < -0.39 is 5.41 Å². The second-order valence-corrected chi connectivity index (χ2v) is 5.99. The van der Waals surface area contributed by atoms with Gasteiger partial charge in [-0.3, -0.25) is 14.4 Å². The van der Waals surface area contributed by atoms with Crippen molar-refractivity contribution in [3.63, 3.8) is 0 Å². The summed E-state index contributed by atoms with van der Waals surface area (Å²) in [7, 11) is 0. The van der Waals surface area contributed by atoms with Gasteiger partial charge in [-0.25, -0.2) is 0 Å². The zero-order chi connectivity index (χ0) is 15.5. The summed E-state index contributed by atoms with van der Waals surface area (Å²) in [5.74, 6) is -0.129. The highest BCUT2D eigenvalue weighted by Gasteiger charge is 2.58. The van der Waals surface area contributed by atoms with Crippen LogP contribution in [-0.2, 0) is 14.4 Å². The van der Waals surface area contributed by atoms with Gasteiger partial charge in [0.2, 0.25) is 17.7 Å². The molecule has 1 saturated heterocycles. The Morgan fingerprint density at radius 3 is 2.10 bits per heavy atom. The first-order valence-electron chi connectivity index (χ1n) is 7.84. The van der Waals surface area contributed by atoms with Crippen LogP contribution in [0.15, 0.2) is 0 Å². The second kappa shape index (κ2) is 6.45. The smallest absolute Gasteiger partial charge is 0.238 e. The number of hydrogen-bond acceptors (Lipinski definition) is 3. The van der Waals surface area contributed by atoms with E-state index in [1.165, 1.54) is 0 Å². The van der Waals surface area contributed by atoms with E-state index in [-0.39, 0.29) is 17.7 Å². The Bertz CT molecular complexity index is 424. The molecule has 0 radical (unpaired) electrons. The molecule has 1 heterocycles. The monoisotopic (exact) mass is 295 g/mol. The lowest BCUT2D eigenvalue weighted by atomic mass is 10.0. The molecular weight excluding hydrogens is 270 g/mol. The summed E-state index contributed by atoms with van der Waals surface area (Å²) in [5, 5.41) is 2.88. The lowest BCUT2D eigenvalue weighted by Crippen LogP contribution is -2.54. The molecule has 1 N–H and O–H groups in total. The minimum atomic E-state index is -0.813. The first kappa shape index (κ1) is 15.8. The predicted octanol–water partition coefficient (Wildman–Crippen LogP) is 0.374. The molecule has 0 aromatic carbocycles. The summed E-state index contributed by atoms with van der Waals surface area (Å²) < 4.78 is 0. The van der Waals surface area contributed by atoms with Gasteiger partial charge in [-0.1, -0.05) is 13.3 Å². The lowest BCUT2D eigenvalue weighted by Gasteiger charge is -2.35. The first-order chi connectivity index (χ1) is 10.0. The van der Waals surface area contributed by atoms with Gasteiger partial charge < -0.3 is 15.1 Å². The molecule has 0 unspecified atom stereocenters. The highest BCUT2D eigenvalue weighted by atomic mass is 16.2. The van der Waals surface area contributed by atoms with Crippen LogP contribution in [0.3, 0.4) is 0 Å². The maximum Gasteiger partial charge on any atom is 0.238 e. The topological polar surface area (TPSA) is 69.7 Å². The Balaban J connectivity index is 1.88. The molecule has 0 aromatic heterocycles. The van der Waals surface area contributed by atoms with Gasteiger partial charge in [0, 0.05) is 39.6 Å². The Morgan fingerprint density at radius 2 is 1.62 bits per heavy atom. The van der Waals surface area contributed by atoms with Crippen LogP contribution in [0.1, 0.15) is 39.5 Å². The molecule has 2 fully saturated rings. The lowest BCUT2D eigenvalue weighted by molar-refractivity contribution is -0.147. The third kappa shape index (κ3) is 3.36. The Morgan fingerprint density at radius 1 is 1.05 bits per heavy atom. The Labute approximate surface area is 125 Å². The van der Waals surface area contributed by atoms with E-state index in [0.717, 1.165) is 12.8 Å². The van der Waals surface area contributed by atoms with Crippen LogP contribution < -0.4 is 5.32 Å². The van der Waals surface area contributed by atoms with E-state index >= 15 is 0 Å². The molecule has 2 rings (SSSR count). The van der Waals surface area contributed by atoms with Crippen molar-refractivity contribution in [2.45, 2.75) is 39.5 Å². The van der Waals surface area contributed by atoms with Crippen molar-refractivity contribution in [1.82, 2.24) is 15.1 Å². The van der Waals surface area contributed by atoms with Crippen molar-refractivity contribution in [3.05, 3.63) is 0 Å². The first-order valence-corrected chi connectivity index (χ1v) is 7.84. The van der Waals surface area contributed by atoms with E-state index in [2.05, 4.69) is 12.2 Å². The van der Waals surface area contributed by atoms with Gasteiger partial charge in [-0.2, -0.15) is 0 Å². The van der Waals surface area contributed by atoms with Crippen molar-refractivity contribution in [3.8, 4) is 0 Å². The SMILES string of the molecule is CCCCNC(=O)C1(C(=O)N2CCN(C(C)=O)CC2)CC1. The van der Waals surface area contributed by atoms with Gasteiger partial charge in [-0.15, -0.1) is 0 Å². The van der Waals surface area contributed by atoms with Crippen LogP contribution in [0.5, 0.6) is 0 Å². The predicted molar refractivity (Wildman–Crippen MR) is 78.4 cm³/mol. The van der Waals surface area contributed by atoms with E-state index in [9.17, 15) is 14.4 Å². The van der Waals surface area contributed by atoms with Crippen molar-refractivity contribution in [2.24, 2.45) is 5.41 Å². The summed E-state index contributed by atoms with van der Waals surface area (Å²) in [5.41, 5.74) is -0.813. The third-order valence-corrected chi connectivity index (χ3v) is 4.42. The van der Waals surface area contributed by atoms with Crippen LogP contribution in [-0.4, -0.2) is 60.2 Å². The summed E-state index contributed by atoms with van der Waals surface area (Å²) in [6.45, 7) is 6.44. The fraction of sp³-hybridized carbons (Fsp3) is 0.800. The van der Waals surface area contributed by atoms with E-state index in [1.807, 2.05) is 0 Å². The fourth-order valence-electron chi connectivity index (χ4n) is 2.74. The van der Waals surface area contributed by atoms with Crippen LogP contribution >= 0.6 is 0 Å². The molecule has 1 aliphatic carbocycles. The molecule has 0 aromatic rings. The normalized spacial score (nSPS) is 20.1. The number of carbonyl (C=O) groups excluding carboxylic acids is 3. The number of piperazine rings is 1. The number of nitrogens with one attached hydrogen (secondary N) is 1. The Hall–Kier alpha value is -1.59. The highest BCUT2D eigenvalue weighted by Crippen LogP contribution is 2.47. The van der Waals surface area contributed by atoms with E-state index in [1.54, 1.807) is 16.7 Å². The molecule has 2 aliphatic rings. The second-order valence-electron chi connectivity index (χ2n) is 5.99. The van der Waals surface area contributed by atoms with Crippen LogP contribution in [0.2, 0.25) is 0 Å². The van der Waals surface area contributed by atoms with Crippen molar-refractivity contribution in [1.29, 1.82) is 0 Å². The standard InChI is InChI=1S/C15H25N3O3/c1-3-4-7-16-13(20)15(5-6-15)14(21)18-10-8-17(9-11-18)12(2)19/h3-11H2,1-2H3,(H,16,20). The van der Waals surface area contributed by atoms with Crippen molar-refractivity contribution in [2.75, 3.05) is 32.7 Å². The van der Waals surface area contributed by atoms with Gasteiger partial charge in [0.15, 0.2) is 0 Å². The molecular formula is C15H25N3O3. The molecule has 3 amide bonds. The highest BCUT2D eigenvalue weighted by molar-refractivity contribution is 6.07. The molecule has 1 saturated carbocycles. The van der Waals surface area contributed by atoms with Crippen molar-refractivity contribution < 1.29 is 14.4 Å². The molecule has 6 nitrogen and oxygen atoms in total. The van der Waals surface area contributed by atoms with E-state index in [4.69, 9.17) is 0 Å². The average molecular weight is 295 g/mol. The van der Waals surface area contributed by atoms with Gasteiger partial charge in [0.25, 0.3) is 0 Å². The summed E-state index contributed by atoms with van der Waals surface area (Å²) >= 11 is 0. The summed E-state index contributed by atoms with van der Waals surface area (Å²) in [6, 6.07) is 0. The zero-order valence-electron chi connectivity index (χ0n) is 13.0. The molecule has 0 atom stereocenters. The Kier molecular flexibility index (Phi) is 4.85. The van der Waals surface area contributed by atoms with Crippen LogP contribution in [0, 0.1) is 5.41 Å². The summed E-state index contributed by atoms with van der Waals surface area (Å²) in [4.78, 5) is 39.6. The minimum absolute atomic E-state index is 0.0422. The van der Waals surface area contributed by atoms with Gasteiger partial charge in [-0.05, 0) is 19.3 Å². The van der Waals surface area contributed by atoms with Gasteiger partial charge >= 0.3 is 0 Å². The number of nitrogens with zero attached hydrogens (tertiary/aromatic N) is 2. The van der Waals surface area contributed by atoms with E-state index in [0.29, 0.717) is 45.6 Å². The largest absolute Gasteiger partial charge is 0.355 e. The number of unbranched alkanes of at least 4 members (excludes halogenated alkanes) is 1. The zero-order valence-corrected chi connectivity index (χ0v) is 13.0. The molecule has 118 valence electrons. The number of carbonyl (C=O) groups is 3. The number of rotatable bonds is 5. The number of amides is 3. The maximum absolute atomic E-state index is 12.6. The minimum Gasteiger partial charge on any atom is -0.355 e. The average Bonchev–Trinajstić information content (AvgIpc) is 3.28.